The van der Waals surface area contributed by atoms with Crippen molar-refractivity contribution >= 4 is 35.1 Å². The lowest BCUT2D eigenvalue weighted by atomic mass is 10.1. The first-order valence-corrected chi connectivity index (χ1v) is 13.4. The minimum absolute atomic E-state index is 0.0484. The number of amides is 2. The fourth-order valence-electron chi connectivity index (χ4n) is 4.13. The van der Waals surface area contributed by atoms with Gasteiger partial charge in [0.15, 0.2) is 0 Å². The molecule has 0 atom stereocenters. The van der Waals surface area contributed by atoms with Gasteiger partial charge in [0.1, 0.15) is 0 Å². The Morgan fingerprint density at radius 3 is 2.03 bits per heavy atom. The summed E-state index contributed by atoms with van der Waals surface area (Å²) in [7, 11) is 0. The van der Waals surface area contributed by atoms with E-state index in [9.17, 15) is 19.5 Å². The second-order valence-corrected chi connectivity index (χ2v) is 9.62. The number of carbonyl (C=O) groups excluding carboxylic acids is 2. The maximum Gasteiger partial charge on any atom is 0.394 e. The van der Waals surface area contributed by atoms with Gasteiger partial charge in [-0.3, -0.25) is 14.5 Å². The smallest absolute Gasteiger partial charge is 0.394 e. The van der Waals surface area contributed by atoms with Crippen LogP contribution in [0.15, 0.2) is 42.5 Å². The Hall–Kier alpha value is -2.86. The predicted octanol–water partition coefficient (Wildman–Crippen LogP) is 6.92. The number of carboxylic acid groups (broad SMARTS) is 1. The molecule has 0 unspecified atom stereocenters. The second kappa shape index (κ2) is 16.0. The van der Waals surface area contributed by atoms with Crippen LogP contribution >= 0.6 is 11.6 Å². The zero-order valence-corrected chi connectivity index (χ0v) is 22.3. The molecule has 0 radical (unpaired) electrons. The number of halogens is 1. The first-order valence-electron chi connectivity index (χ1n) is 13.0. The van der Waals surface area contributed by atoms with E-state index in [0.717, 1.165) is 12.8 Å². The Bertz CT molecular complexity index is 991. The lowest BCUT2D eigenvalue weighted by Crippen LogP contribution is -2.36. The molecule has 0 aliphatic carbocycles. The zero-order valence-electron chi connectivity index (χ0n) is 21.5. The second-order valence-electron chi connectivity index (χ2n) is 9.22. The van der Waals surface area contributed by atoms with Crippen LogP contribution < -0.4 is 10.2 Å². The molecule has 0 spiro atoms. The molecule has 7 heteroatoms. The molecular formula is C29H39ClN2O4. The van der Waals surface area contributed by atoms with Gasteiger partial charge >= 0.3 is 11.9 Å². The number of rotatable bonds is 15. The van der Waals surface area contributed by atoms with Gasteiger partial charge in [-0.2, -0.15) is 0 Å². The predicted molar refractivity (Wildman–Crippen MR) is 146 cm³/mol. The molecule has 0 saturated carbocycles. The van der Waals surface area contributed by atoms with Crippen LogP contribution in [0.2, 0.25) is 5.02 Å². The molecule has 0 aliphatic heterocycles. The third-order valence-corrected chi connectivity index (χ3v) is 6.74. The van der Waals surface area contributed by atoms with Crippen molar-refractivity contribution in [3.05, 3.63) is 64.2 Å². The summed E-state index contributed by atoms with van der Waals surface area (Å²) in [6.07, 6.45) is 12.5. The van der Waals surface area contributed by atoms with E-state index in [-0.39, 0.29) is 12.5 Å². The molecule has 2 rings (SSSR count). The van der Waals surface area contributed by atoms with Crippen molar-refractivity contribution in [1.29, 1.82) is 0 Å². The topological polar surface area (TPSA) is 86.7 Å². The third kappa shape index (κ3) is 9.65. The summed E-state index contributed by atoms with van der Waals surface area (Å²) < 4.78 is 0. The van der Waals surface area contributed by atoms with E-state index in [2.05, 4.69) is 12.2 Å². The van der Waals surface area contributed by atoms with Crippen LogP contribution in [0.1, 0.15) is 92.6 Å². The van der Waals surface area contributed by atoms with Crippen LogP contribution in [-0.2, 0) is 16.1 Å². The highest BCUT2D eigenvalue weighted by atomic mass is 35.5. The molecule has 0 aliphatic rings. The number of carboxylic acids is 1. The average Bonchev–Trinajstić information content (AvgIpc) is 2.87. The molecule has 0 aromatic heterocycles. The summed E-state index contributed by atoms with van der Waals surface area (Å²) in [5, 5.41) is 12.7. The van der Waals surface area contributed by atoms with E-state index in [1.165, 1.54) is 56.3 Å². The number of anilines is 1. The Kier molecular flexibility index (Phi) is 13.1. The van der Waals surface area contributed by atoms with Gasteiger partial charge in [-0.15, -0.1) is 0 Å². The monoisotopic (exact) mass is 514 g/mol. The summed E-state index contributed by atoms with van der Waals surface area (Å²) in [5.41, 5.74) is 2.29. The lowest BCUT2D eigenvalue weighted by molar-refractivity contribution is -0.148. The molecule has 0 fully saturated rings. The SMILES string of the molecule is CCCCCCCCCCCCNC(=O)c1ccc(CN(C(=O)C(=O)O)c2cccc(Cl)c2C)cc1. The molecule has 0 bridgehead atoms. The molecular weight excluding hydrogens is 476 g/mol. The van der Waals surface area contributed by atoms with Crippen LogP contribution in [0.5, 0.6) is 0 Å². The van der Waals surface area contributed by atoms with E-state index >= 15 is 0 Å². The molecule has 2 aromatic rings. The van der Waals surface area contributed by atoms with Gasteiger partial charge in [-0.25, -0.2) is 4.79 Å². The highest BCUT2D eigenvalue weighted by molar-refractivity contribution is 6.37. The standard InChI is InChI=1S/C29H39ClN2O4/c1-3-4-5-6-7-8-9-10-11-12-20-31-27(33)24-18-16-23(17-19-24)21-32(28(34)29(35)36)26-15-13-14-25(30)22(26)2/h13-19H,3-12,20-21H2,1-2H3,(H,31,33)(H,35,36). The van der Waals surface area contributed by atoms with E-state index < -0.39 is 11.9 Å². The highest BCUT2D eigenvalue weighted by Crippen LogP contribution is 2.28. The maximum atomic E-state index is 12.5. The lowest BCUT2D eigenvalue weighted by Gasteiger charge is -2.23. The number of benzene rings is 2. The van der Waals surface area contributed by atoms with E-state index in [0.29, 0.717) is 33.9 Å². The summed E-state index contributed by atoms with van der Waals surface area (Å²) in [4.78, 5) is 37.5. The van der Waals surface area contributed by atoms with Crippen molar-refractivity contribution < 1.29 is 19.5 Å². The number of hydrogen-bond donors (Lipinski definition) is 2. The van der Waals surface area contributed by atoms with E-state index in [1.807, 2.05) is 0 Å². The molecule has 6 nitrogen and oxygen atoms in total. The first kappa shape index (κ1) is 29.4. The van der Waals surface area contributed by atoms with Crippen LogP contribution in [0.3, 0.4) is 0 Å². The Balaban J connectivity index is 1.81. The normalized spacial score (nSPS) is 10.8. The molecule has 2 N–H and O–H groups in total. The molecule has 0 heterocycles. The van der Waals surface area contributed by atoms with Crippen LogP contribution in [0, 0.1) is 6.92 Å². The Labute approximate surface area is 220 Å². The summed E-state index contributed by atoms with van der Waals surface area (Å²) in [6, 6.07) is 11.9. The van der Waals surface area contributed by atoms with E-state index in [1.54, 1.807) is 49.4 Å². The molecule has 196 valence electrons. The fraction of sp³-hybridized carbons (Fsp3) is 0.483. The van der Waals surface area contributed by atoms with E-state index in [4.69, 9.17) is 11.6 Å². The Morgan fingerprint density at radius 1 is 0.861 bits per heavy atom. The van der Waals surface area contributed by atoms with Crippen molar-refractivity contribution in [3.63, 3.8) is 0 Å². The molecule has 2 aromatic carbocycles. The van der Waals surface area contributed by atoms with Crippen LogP contribution in [0.4, 0.5) is 5.69 Å². The van der Waals surface area contributed by atoms with Crippen LogP contribution in [0.25, 0.3) is 0 Å². The molecule has 2 amide bonds. The number of nitrogens with one attached hydrogen (secondary N) is 1. The molecule has 0 saturated heterocycles. The van der Waals surface area contributed by atoms with Gasteiger partial charge in [0.25, 0.3) is 5.91 Å². The minimum atomic E-state index is -1.54. The summed E-state index contributed by atoms with van der Waals surface area (Å²) in [6.45, 7) is 4.67. The zero-order chi connectivity index (χ0) is 26.3. The van der Waals surface area contributed by atoms with Gasteiger partial charge in [0.05, 0.1) is 6.54 Å². The van der Waals surface area contributed by atoms with Gasteiger partial charge < -0.3 is 10.4 Å². The van der Waals surface area contributed by atoms with Crippen molar-refractivity contribution in [3.8, 4) is 0 Å². The van der Waals surface area contributed by atoms with Crippen molar-refractivity contribution in [2.45, 2.75) is 84.6 Å². The fourth-order valence-corrected chi connectivity index (χ4v) is 4.30. The minimum Gasteiger partial charge on any atom is -0.474 e. The van der Waals surface area contributed by atoms with Gasteiger partial charge in [0.2, 0.25) is 0 Å². The van der Waals surface area contributed by atoms with Crippen molar-refractivity contribution in [1.82, 2.24) is 5.32 Å². The quantitative estimate of drug-likeness (QED) is 0.199. The number of nitrogens with zero attached hydrogens (tertiary/aromatic N) is 1. The van der Waals surface area contributed by atoms with Gasteiger partial charge in [-0.1, -0.05) is 94.5 Å². The third-order valence-electron chi connectivity index (χ3n) is 6.33. The number of hydrogen-bond acceptors (Lipinski definition) is 3. The highest BCUT2D eigenvalue weighted by Gasteiger charge is 2.24. The number of aliphatic carboxylic acids is 1. The molecule has 36 heavy (non-hydrogen) atoms. The first-order chi connectivity index (χ1) is 17.3. The summed E-state index contributed by atoms with van der Waals surface area (Å²) in [5.74, 6) is -2.72. The summed E-state index contributed by atoms with van der Waals surface area (Å²) >= 11 is 6.18. The van der Waals surface area contributed by atoms with Crippen LogP contribution in [-0.4, -0.2) is 29.4 Å². The maximum absolute atomic E-state index is 12.5. The van der Waals surface area contributed by atoms with Crippen molar-refractivity contribution in [2.24, 2.45) is 0 Å². The van der Waals surface area contributed by atoms with Gasteiger partial charge in [-0.05, 0) is 48.7 Å². The average molecular weight is 515 g/mol. The largest absolute Gasteiger partial charge is 0.474 e. The number of carbonyl (C=O) groups is 3. The Morgan fingerprint density at radius 2 is 1.44 bits per heavy atom. The van der Waals surface area contributed by atoms with Crippen molar-refractivity contribution in [2.75, 3.05) is 11.4 Å². The van der Waals surface area contributed by atoms with Gasteiger partial charge in [0, 0.05) is 22.8 Å². The number of unbranched alkanes of at least 4 members (excludes halogenated alkanes) is 9.